The lowest BCUT2D eigenvalue weighted by molar-refractivity contribution is 0.0737. The number of fused-ring (bicyclic) bond motifs is 1. The molecule has 0 heterocycles. The Bertz CT molecular complexity index is 646. The van der Waals surface area contributed by atoms with Gasteiger partial charge in [-0.25, -0.2) is 4.39 Å². The van der Waals surface area contributed by atoms with Crippen molar-refractivity contribution in [3.05, 3.63) is 47.8 Å². The maximum atomic E-state index is 13.8. The lowest BCUT2D eigenvalue weighted by Gasteiger charge is -2.25. The molecule has 3 heteroatoms. The van der Waals surface area contributed by atoms with Crippen LogP contribution in [0.25, 0.3) is 10.8 Å². The molecule has 0 N–H and O–H groups in total. The first kappa shape index (κ1) is 13.1. The van der Waals surface area contributed by atoms with Crippen molar-refractivity contribution in [3.8, 4) is 0 Å². The highest BCUT2D eigenvalue weighted by atomic mass is 19.1. The van der Waals surface area contributed by atoms with E-state index in [4.69, 9.17) is 0 Å². The van der Waals surface area contributed by atoms with Gasteiger partial charge in [0.15, 0.2) is 0 Å². The summed E-state index contributed by atoms with van der Waals surface area (Å²) >= 11 is 0. The lowest BCUT2D eigenvalue weighted by atomic mass is 10.0. The molecular formula is C17H18FNO. The van der Waals surface area contributed by atoms with Crippen molar-refractivity contribution in [2.75, 3.05) is 7.05 Å². The number of halogens is 1. The molecule has 3 rings (SSSR count). The topological polar surface area (TPSA) is 20.3 Å². The average Bonchev–Trinajstić information content (AvgIpc) is 3.01. The number of nitrogens with zero attached hydrogens (tertiary/aromatic N) is 1. The van der Waals surface area contributed by atoms with Gasteiger partial charge in [-0.05, 0) is 30.4 Å². The normalized spacial score (nSPS) is 15.7. The Kier molecular flexibility index (Phi) is 3.43. The van der Waals surface area contributed by atoms with Crippen molar-refractivity contribution in [1.29, 1.82) is 0 Å². The molecule has 0 radical (unpaired) electrons. The monoisotopic (exact) mass is 271 g/mol. The molecule has 0 bridgehead atoms. The Morgan fingerprint density at radius 2 is 1.75 bits per heavy atom. The van der Waals surface area contributed by atoms with Gasteiger partial charge in [0.25, 0.3) is 5.91 Å². The molecule has 1 aliphatic rings. The Hall–Kier alpha value is -1.90. The van der Waals surface area contributed by atoms with E-state index in [1.807, 2.05) is 24.1 Å². The molecule has 1 aliphatic carbocycles. The van der Waals surface area contributed by atoms with Gasteiger partial charge in [-0.2, -0.15) is 0 Å². The summed E-state index contributed by atoms with van der Waals surface area (Å²) in [6.45, 7) is 0. The highest BCUT2D eigenvalue weighted by Crippen LogP contribution is 2.27. The molecule has 1 amide bonds. The third-order valence-electron chi connectivity index (χ3n) is 4.29. The Morgan fingerprint density at radius 3 is 2.45 bits per heavy atom. The van der Waals surface area contributed by atoms with E-state index in [1.165, 1.54) is 18.9 Å². The van der Waals surface area contributed by atoms with Crippen LogP contribution in [0.1, 0.15) is 36.0 Å². The number of rotatable bonds is 2. The van der Waals surface area contributed by atoms with Gasteiger partial charge >= 0.3 is 0 Å². The van der Waals surface area contributed by atoms with E-state index < -0.39 is 0 Å². The molecule has 0 aromatic heterocycles. The zero-order chi connectivity index (χ0) is 14.1. The SMILES string of the molecule is CN(C(=O)c1ccc(F)c2ccccc12)C1CCCC1. The lowest BCUT2D eigenvalue weighted by Crippen LogP contribution is -2.35. The van der Waals surface area contributed by atoms with E-state index in [-0.39, 0.29) is 11.7 Å². The van der Waals surface area contributed by atoms with E-state index in [2.05, 4.69) is 0 Å². The molecule has 1 fully saturated rings. The van der Waals surface area contributed by atoms with Crippen molar-refractivity contribution >= 4 is 16.7 Å². The van der Waals surface area contributed by atoms with Gasteiger partial charge in [0.05, 0.1) is 0 Å². The summed E-state index contributed by atoms with van der Waals surface area (Å²) in [6.07, 6.45) is 4.52. The van der Waals surface area contributed by atoms with Gasteiger partial charge in [0, 0.05) is 24.0 Å². The molecule has 2 aromatic carbocycles. The Labute approximate surface area is 118 Å². The van der Waals surface area contributed by atoms with Gasteiger partial charge in [-0.15, -0.1) is 0 Å². The zero-order valence-corrected chi connectivity index (χ0v) is 11.6. The highest BCUT2D eigenvalue weighted by Gasteiger charge is 2.25. The van der Waals surface area contributed by atoms with Crippen LogP contribution in [-0.2, 0) is 0 Å². The first-order valence-electron chi connectivity index (χ1n) is 7.13. The fourth-order valence-electron chi connectivity index (χ4n) is 3.10. The fraction of sp³-hybridized carbons (Fsp3) is 0.353. The van der Waals surface area contributed by atoms with Crippen LogP contribution in [0.4, 0.5) is 4.39 Å². The van der Waals surface area contributed by atoms with E-state index in [0.29, 0.717) is 22.4 Å². The quantitative estimate of drug-likeness (QED) is 0.808. The van der Waals surface area contributed by atoms with Gasteiger partial charge in [0.1, 0.15) is 5.82 Å². The third kappa shape index (κ3) is 2.17. The van der Waals surface area contributed by atoms with Gasteiger partial charge in [-0.3, -0.25) is 4.79 Å². The van der Waals surface area contributed by atoms with E-state index >= 15 is 0 Å². The summed E-state index contributed by atoms with van der Waals surface area (Å²) in [6, 6.07) is 10.5. The van der Waals surface area contributed by atoms with Crippen LogP contribution >= 0.6 is 0 Å². The molecular weight excluding hydrogens is 253 g/mol. The van der Waals surface area contributed by atoms with Crippen LogP contribution in [-0.4, -0.2) is 23.9 Å². The van der Waals surface area contributed by atoms with Crippen LogP contribution in [0.15, 0.2) is 36.4 Å². The maximum Gasteiger partial charge on any atom is 0.254 e. The van der Waals surface area contributed by atoms with Crippen molar-refractivity contribution in [1.82, 2.24) is 4.90 Å². The number of amides is 1. The molecule has 0 spiro atoms. The van der Waals surface area contributed by atoms with Crippen LogP contribution < -0.4 is 0 Å². The van der Waals surface area contributed by atoms with Gasteiger partial charge < -0.3 is 4.90 Å². The minimum Gasteiger partial charge on any atom is -0.339 e. The standard InChI is InChI=1S/C17H18FNO/c1-19(12-6-2-3-7-12)17(20)15-10-11-16(18)14-9-5-4-8-13(14)15/h4-5,8-12H,2-3,6-7H2,1H3. The molecule has 2 nitrogen and oxygen atoms in total. The number of carbonyl (C=O) groups excluding carboxylic acids is 1. The van der Waals surface area contributed by atoms with E-state index in [0.717, 1.165) is 12.8 Å². The summed E-state index contributed by atoms with van der Waals surface area (Å²) in [5.74, 6) is -0.284. The van der Waals surface area contributed by atoms with Gasteiger partial charge in [-0.1, -0.05) is 37.1 Å². The van der Waals surface area contributed by atoms with Crippen molar-refractivity contribution in [2.24, 2.45) is 0 Å². The molecule has 0 aliphatic heterocycles. The predicted octanol–water partition coefficient (Wildman–Crippen LogP) is 3.99. The Morgan fingerprint density at radius 1 is 1.10 bits per heavy atom. The maximum absolute atomic E-state index is 13.8. The largest absolute Gasteiger partial charge is 0.339 e. The third-order valence-corrected chi connectivity index (χ3v) is 4.29. The molecule has 0 atom stereocenters. The molecule has 20 heavy (non-hydrogen) atoms. The summed E-state index contributed by atoms with van der Waals surface area (Å²) in [5.41, 5.74) is 0.594. The van der Waals surface area contributed by atoms with E-state index in [9.17, 15) is 9.18 Å². The first-order valence-corrected chi connectivity index (χ1v) is 7.13. The smallest absolute Gasteiger partial charge is 0.254 e. The zero-order valence-electron chi connectivity index (χ0n) is 11.6. The van der Waals surface area contributed by atoms with Crippen LogP contribution in [0.3, 0.4) is 0 Å². The van der Waals surface area contributed by atoms with E-state index in [1.54, 1.807) is 18.2 Å². The van der Waals surface area contributed by atoms with Crippen molar-refractivity contribution in [2.45, 2.75) is 31.7 Å². The summed E-state index contributed by atoms with van der Waals surface area (Å²) in [5, 5.41) is 1.21. The highest BCUT2D eigenvalue weighted by molar-refractivity contribution is 6.07. The second-order valence-corrected chi connectivity index (χ2v) is 5.49. The van der Waals surface area contributed by atoms with Crippen LogP contribution in [0.2, 0.25) is 0 Å². The Balaban J connectivity index is 2.01. The minimum atomic E-state index is -0.277. The van der Waals surface area contributed by atoms with Crippen molar-refractivity contribution in [3.63, 3.8) is 0 Å². The molecule has 104 valence electrons. The van der Waals surface area contributed by atoms with Crippen molar-refractivity contribution < 1.29 is 9.18 Å². The summed E-state index contributed by atoms with van der Waals surface area (Å²) < 4.78 is 13.8. The predicted molar refractivity (Wildman–Crippen MR) is 78.3 cm³/mol. The minimum absolute atomic E-state index is 0.00639. The second kappa shape index (κ2) is 5.23. The fourth-order valence-corrected chi connectivity index (χ4v) is 3.10. The van der Waals surface area contributed by atoms with Crippen LogP contribution in [0, 0.1) is 5.82 Å². The summed E-state index contributed by atoms with van der Waals surface area (Å²) in [4.78, 5) is 14.5. The number of hydrogen-bond acceptors (Lipinski definition) is 1. The van der Waals surface area contributed by atoms with Gasteiger partial charge in [0.2, 0.25) is 0 Å². The molecule has 0 saturated heterocycles. The first-order chi connectivity index (χ1) is 9.68. The number of benzene rings is 2. The number of hydrogen-bond donors (Lipinski definition) is 0. The molecule has 1 saturated carbocycles. The molecule has 2 aromatic rings. The number of carbonyl (C=O) groups is 1. The second-order valence-electron chi connectivity index (χ2n) is 5.49. The molecule has 0 unspecified atom stereocenters. The average molecular weight is 271 g/mol. The summed E-state index contributed by atoms with van der Waals surface area (Å²) in [7, 11) is 1.86. The van der Waals surface area contributed by atoms with Crippen LogP contribution in [0.5, 0.6) is 0 Å².